The number of allylic oxidation sites excluding steroid dienone is 2. The van der Waals surface area contributed by atoms with E-state index in [-0.39, 0.29) is 0 Å². The van der Waals surface area contributed by atoms with Crippen LogP contribution in [0.4, 0.5) is 0 Å². The predicted molar refractivity (Wildman–Crippen MR) is 91.6 cm³/mol. The van der Waals surface area contributed by atoms with Gasteiger partial charge in [0, 0.05) is 0 Å². The Morgan fingerprint density at radius 2 is 1.53 bits per heavy atom. The molecular formula is C19H40. The van der Waals surface area contributed by atoms with Gasteiger partial charge in [-0.1, -0.05) is 86.3 Å². The topological polar surface area (TPSA) is 0 Å². The van der Waals surface area contributed by atoms with Crippen LogP contribution in [-0.4, -0.2) is 0 Å². The fourth-order valence-corrected chi connectivity index (χ4v) is 2.53. The molecule has 0 aromatic rings. The van der Waals surface area contributed by atoms with Crippen LogP contribution in [0.15, 0.2) is 11.6 Å². The second kappa shape index (κ2) is 12.8. The first-order valence-corrected chi connectivity index (χ1v) is 8.60. The Morgan fingerprint density at radius 1 is 1.05 bits per heavy atom. The average Bonchev–Trinajstić information content (AvgIpc) is 2.29. The van der Waals surface area contributed by atoms with Crippen LogP contribution < -0.4 is 0 Å². The maximum Gasteiger partial charge on any atom is -0.0232 e. The molecule has 0 heteroatoms. The van der Waals surface area contributed by atoms with E-state index in [9.17, 15) is 0 Å². The van der Waals surface area contributed by atoms with Crippen molar-refractivity contribution in [3.8, 4) is 0 Å². The summed E-state index contributed by atoms with van der Waals surface area (Å²) in [6, 6.07) is 0. The molecule has 0 aromatic heterocycles. The molecule has 0 radical (unpaired) electrons. The Morgan fingerprint density at radius 3 is 1.58 bits per heavy atom. The highest BCUT2D eigenvalue weighted by Crippen LogP contribution is 2.32. The third-order valence-corrected chi connectivity index (χ3v) is 4.27. The maximum atomic E-state index is 2.32. The minimum atomic E-state index is 0.722. The molecule has 19 heavy (non-hydrogen) atoms. The molecule has 1 unspecified atom stereocenters. The first-order valence-electron chi connectivity index (χ1n) is 8.60. The lowest BCUT2D eigenvalue weighted by Gasteiger charge is -2.28. The van der Waals surface area contributed by atoms with Gasteiger partial charge in [0.2, 0.25) is 0 Å². The van der Waals surface area contributed by atoms with Gasteiger partial charge in [0.15, 0.2) is 0 Å². The summed E-state index contributed by atoms with van der Waals surface area (Å²) >= 11 is 0. The van der Waals surface area contributed by atoms with Crippen LogP contribution in [0.5, 0.6) is 0 Å². The van der Waals surface area contributed by atoms with Crippen molar-refractivity contribution >= 4 is 0 Å². The standard InChI is InChI=1S/C10H20.C7H14.C2H6/c1-6-9(5)10(7-2)8(3)4;1-6(2)7-4-3-5-7;1-2/h7-9H,6H2,1-5H3;6-7H,3-5H2,1-2H3;1-2H3/b10-7+;;. The molecular weight excluding hydrogens is 228 g/mol. The quantitative estimate of drug-likeness (QED) is 0.477. The lowest BCUT2D eigenvalue weighted by molar-refractivity contribution is 0.235. The van der Waals surface area contributed by atoms with Crippen molar-refractivity contribution < 1.29 is 0 Å². The average molecular weight is 269 g/mol. The summed E-state index contributed by atoms with van der Waals surface area (Å²) in [6.45, 7) is 19.9. The Bertz CT molecular complexity index is 206. The monoisotopic (exact) mass is 268 g/mol. The Balaban J connectivity index is 0. The molecule has 1 fully saturated rings. The number of hydrogen-bond donors (Lipinski definition) is 0. The van der Waals surface area contributed by atoms with E-state index in [1.807, 2.05) is 13.8 Å². The van der Waals surface area contributed by atoms with Gasteiger partial charge in [0.05, 0.1) is 0 Å². The second-order valence-electron chi connectivity index (χ2n) is 6.19. The molecule has 0 nitrogen and oxygen atoms in total. The highest BCUT2D eigenvalue weighted by atomic mass is 14.3. The minimum absolute atomic E-state index is 0.722. The van der Waals surface area contributed by atoms with Gasteiger partial charge in [-0.25, -0.2) is 0 Å². The van der Waals surface area contributed by atoms with E-state index >= 15 is 0 Å². The molecule has 1 aliphatic carbocycles. The van der Waals surface area contributed by atoms with Gasteiger partial charge in [-0.3, -0.25) is 0 Å². The van der Waals surface area contributed by atoms with Gasteiger partial charge < -0.3 is 0 Å². The fourth-order valence-electron chi connectivity index (χ4n) is 2.53. The smallest absolute Gasteiger partial charge is 0.0232 e. The molecule has 1 atom stereocenters. The van der Waals surface area contributed by atoms with Crippen LogP contribution >= 0.6 is 0 Å². The van der Waals surface area contributed by atoms with Crippen molar-refractivity contribution in [3.05, 3.63) is 11.6 Å². The van der Waals surface area contributed by atoms with E-state index in [0.29, 0.717) is 0 Å². The molecule has 1 saturated carbocycles. The third-order valence-electron chi connectivity index (χ3n) is 4.27. The second-order valence-corrected chi connectivity index (χ2v) is 6.19. The summed E-state index contributed by atoms with van der Waals surface area (Å²) in [4.78, 5) is 0. The van der Waals surface area contributed by atoms with E-state index in [1.54, 1.807) is 5.57 Å². The first-order chi connectivity index (χ1) is 8.93. The summed E-state index contributed by atoms with van der Waals surface area (Å²) in [7, 11) is 0. The molecule has 0 N–H and O–H groups in total. The molecule has 0 aliphatic heterocycles. The van der Waals surface area contributed by atoms with Gasteiger partial charge in [-0.2, -0.15) is 0 Å². The lowest BCUT2D eigenvalue weighted by Crippen LogP contribution is -2.16. The van der Waals surface area contributed by atoms with E-state index in [1.165, 1.54) is 25.7 Å². The largest absolute Gasteiger partial charge is 0.0879 e. The zero-order valence-electron chi connectivity index (χ0n) is 15.2. The highest BCUT2D eigenvalue weighted by molar-refractivity contribution is 5.06. The van der Waals surface area contributed by atoms with Crippen LogP contribution in [0.25, 0.3) is 0 Å². The van der Waals surface area contributed by atoms with E-state index < -0.39 is 0 Å². The summed E-state index contributed by atoms with van der Waals surface area (Å²) in [5.41, 5.74) is 1.60. The zero-order chi connectivity index (χ0) is 15.4. The Hall–Kier alpha value is -0.260. The zero-order valence-corrected chi connectivity index (χ0v) is 15.2. The van der Waals surface area contributed by atoms with Crippen molar-refractivity contribution in [2.75, 3.05) is 0 Å². The van der Waals surface area contributed by atoms with Crippen molar-refractivity contribution in [2.24, 2.45) is 23.7 Å². The van der Waals surface area contributed by atoms with E-state index in [0.717, 1.165) is 23.7 Å². The SMILES string of the molecule is C/C=C(\C(C)C)C(C)CC.CC.CC(C)C1CCC1. The molecule has 1 rings (SSSR count). The predicted octanol–water partition coefficient (Wildman–Crippen LogP) is 7.10. The van der Waals surface area contributed by atoms with Gasteiger partial charge in [-0.15, -0.1) is 0 Å². The Kier molecular flexibility index (Phi) is 14.1. The fraction of sp³-hybridized carbons (Fsp3) is 0.895. The van der Waals surface area contributed by atoms with Gasteiger partial charge in [0.25, 0.3) is 0 Å². The normalized spacial score (nSPS) is 17.1. The van der Waals surface area contributed by atoms with Crippen LogP contribution in [-0.2, 0) is 0 Å². The maximum absolute atomic E-state index is 2.32. The van der Waals surface area contributed by atoms with Crippen molar-refractivity contribution in [1.82, 2.24) is 0 Å². The lowest BCUT2D eigenvalue weighted by atomic mass is 9.78. The molecule has 116 valence electrons. The summed E-state index contributed by atoms with van der Waals surface area (Å²) in [5.74, 6) is 3.53. The van der Waals surface area contributed by atoms with Gasteiger partial charge >= 0.3 is 0 Å². The summed E-state index contributed by atoms with van der Waals surface area (Å²) < 4.78 is 0. The van der Waals surface area contributed by atoms with E-state index in [4.69, 9.17) is 0 Å². The van der Waals surface area contributed by atoms with Crippen LogP contribution in [0.2, 0.25) is 0 Å². The Labute approximate surface area is 124 Å². The number of rotatable bonds is 4. The first kappa shape index (κ1) is 21.0. The molecule has 0 amide bonds. The molecule has 0 bridgehead atoms. The molecule has 0 saturated heterocycles. The van der Waals surface area contributed by atoms with Gasteiger partial charge in [0.1, 0.15) is 0 Å². The summed E-state index contributed by atoms with van der Waals surface area (Å²) in [6.07, 6.45) is 8.01. The van der Waals surface area contributed by atoms with Crippen molar-refractivity contribution in [1.29, 1.82) is 0 Å². The third kappa shape index (κ3) is 9.30. The highest BCUT2D eigenvalue weighted by Gasteiger charge is 2.19. The number of hydrogen-bond acceptors (Lipinski definition) is 0. The van der Waals surface area contributed by atoms with Crippen LogP contribution in [0.1, 0.15) is 88.0 Å². The van der Waals surface area contributed by atoms with Crippen molar-refractivity contribution in [2.45, 2.75) is 88.0 Å². The van der Waals surface area contributed by atoms with Crippen LogP contribution in [0, 0.1) is 23.7 Å². The molecule has 0 aromatic carbocycles. The molecule has 0 spiro atoms. The molecule has 1 aliphatic rings. The van der Waals surface area contributed by atoms with E-state index in [2.05, 4.69) is 54.5 Å². The minimum Gasteiger partial charge on any atom is -0.0879 e. The van der Waals surface area contributed by atoms with Gasteiger partial charge in [-0.05, 0) is 37.0 Å². The van der Waals surface area contributed by atoms with Crippen LogP contribution in [0.3, 0.4) is 0 Å². The van der Waals surface area contributed by atoms with Crippen molar-refractivity contribution in [3.63, 3.8) is 0 Å². The summed E-state index contributed by atoms with van der Waals surface area (Å²) in [5, 5.41) is 0. The molecule has 0 heterocycles.